The Morgan fingerprint density at radius 2 is 1.40 bits per heavy atom. The highest BCUT2D eigenvalue weighted by Gasteiger charge is 2.86. The van der Waals surface area contributed by atoms with Gasteiger partial charge in [0.25, 0.3) is 0 Å². The molecule has 8 rings (SSSR count). The Morgan fingerprint density at radius 1 is 0.792 bits per heavy atom. The average Bonchev–Trinajstić information content (AvgIpc) is 3.96. The first-order chi connectivity index (χ1) is 24.6. The lowest BCUT2D eigenvalue weighted by molar-refractivity contribution is -0.340. The van der Waals surface area contributed by atoms with Gasteiger partial charge in [-0.15, -0.1) is 0 Å². The molecular weight excluding hydrogens is 696 g/mol. The highest BCUT2D eigenvalue weighted by Crippen LogP contribution is 2.76. The summed E-state index contributed by atoms with van der Waals surface area (Å²) in [5.74, 6) is -12.1. The fraction of sp³-hybridized carbons (Fsp3) is 0.842. The van der Waals surface area contributed by atoms with Crippen molar-refractivity contribution in [1.29, 1.82) is 0 Å². The maximum Gasteiger partial charge on any atom is 0.341 e. The molecule has 0 aromatic carbocycles. The summed E-state index contributed by atoms with van der Waals surface area (Å²) in [4.78, 5) is 81.3. The van der Waals surface area contributed by atoms with Gasteiger partial charge in [0, 0.05) is 74.0 Å². The summed E-state index contributed by atoms with van der Waals surface area (Å²) in [5.41, 5.74) is -6.56. The molecule has 0 aromatic heterocycles. The Kier molecular flexibility index (Phi) is 7.80. The van der Waals surface area contributed by atoms with E-state index < -0.39 is 154 Å². The van der Waals surface area contributed by atoms with Crippen LogP contribution in [0.2, 0.25) is 0 Å². The van der Waals surface area contributed by atoms with Crippen LogP contribution in [0.4, 0.5) is 0 Å². The minimum atomic E-state index is -2.18. The quantitative estimate of drug-likeness (QED) is 0.231. The number of aliphatic hydroxyl groups is 2. The summed E-state index contributed by atoms with van der Waals surface area (Å²) in [6.45, 7) is 13.4. The third-order valence-corrected chi connectivity index (χ3v) is 15.4. The van der Waals surface area contributed by atoms with E-state index in [2.05, 4.69) is 0 Å². The lowest BCUT2D eigenvalue weighted by Crippen LogP contribution is -2.75. The maximum absolute atomic E-state index is 15.1. The Balaban J connectivity index is 1.40. The number of hydrogen-bond donors (Lipinski definition) is 2. The van der Waals surface area contributed by atoms with Crippen LogP contribution in [0.1, 0.15) is 81.6 Å². The van der Waals surface area contributed by atoms with Gasteiger partial charge in [0.15, 0.2) is 17.5 Å². The lowest BCUT2D eigenvalue weighted by Gasteiger charge is -2.65. The standard InChI is InChI=1S/C38H50O15/c1-13-21-24(36(7)37(8,46)33(45)53-38(36,9)52-13)26(43)22-20-23(29(47-14(2)39)31(35(21,22)6)49-16(4)41)34(5)18(12-19-27(50-19)30(34)48-15(3)40)25(42)28(20)51-32(44)17-10-11-17/h13,17-24,26-31,43,46H,10-12H2,1-9H3/t13-,18+,19-,20-,21-,22+,23+,24-,26+,27-,28+,29-,30-,31-,34-,35+,36-,37+,38-/m0/s1. The van der Waals surface area contributed by atoms with Crippen molar-refractivity contribution in [1.82, 2.24) is 0 Å². The van der Waals surface area contributed by atoms with Gasteiger partial charge >= 0.3 is 29.8 Å². The van der Waals surface area contributed by atoms with E-state index in [-0.39, 0.29) is 6.42 Å². The third-order valence-electron chi connectivity index (χ3n) is 15.4. The zero-order chi connectivity index (χ0) is 38.7. The van der Waals surface area contributed by atoms with Crippen LogP contribution in [0.3, 0.4) is 0 Å². The first-order valence-corrected chi connectivity index (χ1v) is 18.8. The van der Waals surface area contributed by atoms with Gasteiger partial charge in [-0.1, -0.05) is 13.8 Å². The fourth-order valence-electron chi connectivity index (χ4n) is 12.9. The van der Waals surface area contributed by atoms with Gasteiger partial charge < -0.3 is 43.4 Å². The van der Waals surface area contributed by atoms with Gasteiger partial charge in [-0.25, -0.2) is 4.79 Å². The number of esters is 5. The average molecular weight is 747 g/mol. The number of rotatable bonds is 5. The van der Waals surface area contributed by atoms with Crippen molar-refractivity contribution >= 4 is 35.6 Å². The van der Waals surface area contributed by atoms with Crippen LogP contribution in [0, 0.1) is 57.7 Å². The Bertz CT molecular complexity index is 1690. The van der Waals surface area contributed by atoms with Crippen molar-refractivity contribution in [2.75, 3.05) is 0 Å². The molecule has 0 unspecified atom stereocenters. The summed E-state index contributed by atoms with van der Waals surface area (Å²) in [5, 5.41) is 25.1. The molecule has 53 heavy (non-hydrogen) atoms. The van der Waals surface area contributed by atoms with E-state index in [0.29, 0.717) is 12.8 Å². The van der Waals surface area contributed by atoms with Crippen LogP contribution in [-0.2, 0) is 61.9 Å². The molecule has 0 spiro atoms. The summed E-state index contributed by atoms with van der Waals surface area (Å²) < 4.78 is 43.1. The molecule has 3 saturated heterocycles. The molecule has 5 aliphatic carbocycles. The summed E-state index contributed by atoms with van der Waals surface area (Å²) in [6, 6.07) is 0. The molecule has 292 valence electrons. The molecule has 0 aromatic rings. The molecule has 3 heterocycles. The Labute approximate surface area is 307 Å². The summed E-state index contributed by atoms with van der Waals surface area (Å²) in [6.07, 6.45) is -6.98. The zero-order valence-electron chi connectivity index (χ0n) is 31.5. The molecule has 2 N–H and O–H groups in total. The highest BCUT2D eigenvalue weighted by molar-refractivity contribution is 5.91. The van der Waals surface area contributed by atoms with Crippen molar-refractivity contribution < 1.29 is 72.1 Å². The number of aliphatic hydroxyl groups excluding tert-OH is 1. The van der Waals surface area contributed by atoms with Crippen LogP contribution in [0.15, 0.2) is 0 Å². The second kappa shape index (κ2) is 11.2. The van der Waals surface area contributed by atoms with E-state index in [1.165, 1.54) is 34.6 Å². The molecule has 5 saturated carbocycles. The minimum absolute atomic E-state index is 0.211. The van der Waals surface area contributed by atoms with Crippen LogP contribution in [-0.4, -0.2) is 106 Å². The lowest BCUT2D eigenvalue weighted by atomic mass is 9.41. The van der Waals surface area contributed by atoms with E-state index in [1.54, 1.807) is 27.7 Å². The van der Waals surface area contributed by atoms with Crippen LogP contribution >= 0.6 is 0 Å². The van der Waals surface area contributed by atoms with Crippen LogP contribution in [0.25, 0.3) is 0 Å². The Hall–Kier alpha value is -3.14. The molecule has 0 radical (unpaired) electrons. The van der Waals surface area contributed by atoms with Gasteiger partial charge in [-0.2, -0.15) is 0 Å². The third kappa shape index (κ3) is 4.53. The number of fused-ring (bicyclic) bond motifs is 10. The molecule has 3 aliphatic heterocycles. The van der Waals surface area contributed by atoms with Crippen molar-refractivity contribution in [3.63, 3.8) is 0 Å². The van der Waals surface area contributed by atoms with Gasteiger partial charge in [0.1, 0.15) is 24.4 Å². The predicted molar refractivity (Wildman–Crippen MR) is 174 cm³/mol. The van der Waals surface area contributed by atoms with Gasteiger partial charge in [0.2, 0.25) is 5.79 Å². The van der Waals surface area contributed by atoms with Crippen molar-refractivity contribution in [3.05, 3.63) is 0 Å². The van der Waals surface area contributed by atoms with E-state index >= 15 is 4.79 Å². The number of ketones is 1. The number of hydrogen-bond acceptors (Lipinski definition) is 15. The summed E-state index contributed by atoms with van der Waals surface area (Å²) in [7, 11) is 0. The number of ether oxygens (including phenoxy) is 7. The monoisotopic (exact) mass is 746 g/mol. The molecular formula is C38H50O15. The first kappa shape index (κ1) is 36.8. The van der Waals surface area contributed by atoms with Crippen molar-refractivity contribution in [2.24, 2.45) is 57.7 Å². The smallest absolute Gasteiger partial charge is 0.341 e. The predicted octanol–water partition coefficient (Wildman–Crippen LogP) is 1.40. The SMILES string of the molecule is CC(=O)O[C@H]1[C@H]2[C@H]([C@@H]3[C@@H](O)[C@@H]4[C@H]([C@H](C)O[C@@]5(C)OC(=O)[C@@](C)(O)[C@]45C)[C@@]3(C)[C@H]1OC(C)=O)[C@@H](OC(=O)C1CC1)C(=O)[C@H]1C[C@@H]3O[C@@H]3[C@H](OC(C)=O)[C@]21C. The van der Waals surface area contributed by atoms with Gasteiger partial charge in [-0.05, 0) is 40.0 Å². The maximum atomic E-state index is 15.1. The zero-order valence-corrected chi connectivity index (χ0v) is 31.5. The largest absolute Gasteiger partial charge is 0.459 e. The topological polar surface area (TPSA) is 211 Å². The van der Waals surface area contributed by atoms with Gasteiger partial charge in [-0.3, -0.25) is 24.0 Å². The van der Waals surface area contributed by atoms with E-state index in [4.69, 9.17) is 33.2 Å². The van der Waals surface area contributed by atoms with Crippen molar-refractivity contribution in [2.45, 2.75) is 142 Å². The van der Waals surface area contributed by atoms with E-state index in [9.17, 15) is 34.2 Å². The fourth-order valence-corrected chi connectivity index (χ4v) is 12.9. The second-order valence-corrected chi connectivity index (χ2v) is 17.9. The van der Waals surface area contributed by atoms with Crippen LogP contribution < -0.4 is 0 Å². The molecule has 8 fully saturated rings. The summed E-state index contributed by atoms with van der Waals surface area (Å²) >= 11 is 0. The normalized spacial score (nSPS) is 54.4. The van der Waals surface area contributed by atoms with Crippen LogP contribution in [0.5, 0.6) is 0 Å². The van der Waals surface area contributed by atoms with E-state index in [1.807, 2.05) is 0 Å². The minimum Gasteiger partial charge on any atom is -0.459 e. The number of epoxide rings is 1. The number of Topliss-reactive ketones (excluding diaryl/α,β-unsaturated/α-hetero) is 1. The van der Waals surface area contributed by atoms with Crippen molar-refractivity contribution in [3.8, 4) is 0 Å². The number of carbonyl (C=O) groups excluding carboxylic acids is 6. The molecule has 15 nitrogen and oxygen atoms in total. The number of carbonyl (C=O) groups is 6. The van der Waals surface area contributed by atoms with E-state index in [0.717, 1.165) is 0 Å². The first-order valence-electron chi connectivity index (χ1n) is 18.8. The molecule has 0 bridgehead atoms. The Morgan fingerprint density at radius 3 is 1.98 bits per heavy atom. The highest BCUT2D eigenvalue weighted by atomic mass is 16.7. The second-order valence-electron chi connectivity index (χ2n) is 17.9. The molecule has 19 atom stereocenters. The molecule has 8 aliphatic rings. The molecule has 15 heteroatoms. The molecule has 0 amide bonds. The van der Waals surface area contributed by atoms with Gasteiger partial charge in [0.05, 0.1) is 29.6 Å².